The standard InChI is InChI=1S/C22H34N2O5S/c1-22(2,3)29-21(26)24-13-19(12-17(24)8-11-20(25)23-15-27-4)30-14-16-6-9-18(28-5)10-7-16/h6-7,9-10,17,19H,8,11-15H2,1-5H3,(H,23,25)/t17-,19-/m1/s1. The molecule has 1 N–H and O–H groups in total. The summed E-state index contributed by atoms with van der Waals surface area (Å²) < 4.78 is 15.7. The van der Waals surface area contributed by atoms with Crippen LogP contribution in [0.15, 0.2) is 24.3 Å². The van der Waals surface area contributed by atoms with Gasteiger partial charge in [-0.25, -0.2) is 4.79 Å². The van der Waals surface area contributed by atoms with Gasteiger partial charge in [-0.3, -0.25) is 4.79 Å². The number of thioether (sulfide) groups is 1. The number of methoxy groups -OCH3 is 2. The van der Waals surface area contributed by atoms with E-state index < -0.39 is 5.60 Å². The van der Waals surface area contributed by atoms with Crippen LogP contribution in [0.1, 0.15) is 45.6 Å². The lowest BCUT2D eigenvalue weighted by molar-refractivity contribution is -0.122. The van der Waals surface area contributed by atoms with Crippen LogP contribution >= 0.6 is 11.8 Å². The third-order valence-corrected chi connectivity index (χ3v) is 6.08. The molecule has 0 bridgehead atoms. The predicted molar refractivity (Wildman–Crippen MR) is 119 cm³/mol. The molecule has 1 aromatic carbocycles. The molecular formula is C22H34N2O5S. The van der Waals surface area contributed by atoms with Crippen LogP contribution in [0.2, 0.25) is 0 Å². The fourth-order valence-corrected chi connectivity index (χ4v) is 4.53. The number of carbonyl (C=O) groups is 2. The number of benzene rings is 1. The van der Waals surface area contributed by atoms with Crippen molar-refractivity contribution >= 4 is 23.8 Å². The molecule has 1 aliphatic rings. The maximum Gasteiger partial charge on any atom is 0.410 e. The van der Waals surface area contributed by atoms with Crippen LogP contribution in [-0.2, 0) is 20.0 Å². The van der Waals surface area contributed by atoms with Gasteiger partial charge < -0.3 is 24.4 Å². The molecule has 1 saturated heterocycles. The van der Waals surface area contributed by atoms with E-state index >= 15 is 0 Å². The summed E-state index contributed by atoms with van der Waals surface area (Å²) in [5, 5.41) is 2.99. The Balaban J connectivity index is 1.95. The molecule has 0 unspecified atom stereocenters. The lowest BCUT2D eigenvalue weighted by atomic mass is 10.1. The van der Waals surface area contributed by atoms with Crippen molar-refractivity contribution in [3.63, 3.8) is 0 Å². The van der Waals surface area contributed by atoms with Crippen molar-refractivity contribution in [3.8, 4) is 5.75 Å². The quantitative estimate of drug-likeness (QED) is 0.591. The van der Waals surface area contributed by atoms with Crippen LogP contribution in [0, 0.1) is 0 Å². The van der Waals surface area contributed by atoms with E-state index in [1.165, 1.54) is 12.7 Å². The van der Waals surface area contributed by atoms with Gasteiger partial charge in [-0.15, -0.1) is 0 Å². The summed E-state index contributed by atoms with van der Waals surface area (Å²) in [6, 6.07) is 8.02. The van der Waals surface area contributed by atoms with Gasteiger partial charge in [0.15, 0.2) is 0 Å². The summed E-state index contributed by atoms with van der Waals surface area (Å²) in [7, 11) is 3.19. The molecule has 2 rings (SSSR count). The first-order valence-corrected chi connectivity index (χ1v) is 11.3. The van der Waals surface area contributed by atoms with Gasteiger partial charge >= 0.3 is 6.09 Å². The Morgan fingerprint density at radius 1 is 1.20 bits per heavy atom. The minimum atomic E-state index is -0.550. The summed E-state index contributed by atoms with van der Waals surface area (Å²) in [5.41, 5.74) is 0.665. The molecule has 0 aliphatic carbocycles. The molecule has 168 valence electrons. The normalized spacial score (nSPS) is 18.9. The van der Waals surface area contributed by atoms with Crippen LogP contribution in [0.3, 0.4) is 0 Å². The van der Waals surface area contributed by atoms with E-state index in [4.69, 9.17) is 14.2 Å². The largest absolute Gasteiger partial charge is 0.497 e. The summed E-state index contributed by atoms with van der Waals surface area (Å²) >= 11 is 1.83. The average Bonchev–Trinajstić information content (AvgIpc) is 3.11. The second-order valence-electron chi connectivity index (χ2n) is 8.37. The van der Waals surface area contributed by atoms with Crippen LogP contribution in [-0.4, -0.2) is 61.3 Å². The first-order valence-electron chi connectivity index (χ1n) is 10.2. The average molecular weight is 439 g/mol. The van der Waals surface area contributed by atoms with Gasteiger partial charge in [-0.1, -0.05) is 12.1 Å². The molecule has 2 amide bonds. The molecule has 1 aromatic rings. The zero-order valence-electron chi connectivity index (χ0n) is 18.6. The Kier molecular flexibility index (Phi) is 9.30. The van der Waals surface area contributed by atoms with E-state index in [0.717, 1.165) is 17.9 Å². The number of ether oxygens (including phenoxy) is 3. The number of likely N-dealkylation sites (tertiary alicyclic amines) is 1. The third-order valence-electron chi connectivity index (χ3n) is 4.77. The van der Waals surface area contributed by atoms with Crippen molar-refractivity contribution < 1.29 is 23.8 Å². The number of rotatable bonds is 9. The zero-order valence-corrected chi connectivity index (χ0v) is 19.4. The van der Waals surface area contributed by atoms with Gasteiger partial charge in [0.1, 0.15) is 18.1 Å². The molecule has 8 heteroatoms. The van der Waals surface area contributed by atoms with Crippen molar-refractivity contribution in [2.75, 3.05) is 27.5 Å². The first kappa shape index (κ1) is 24.3. The summed E-state index contributed by atoms with van der Waals surface area (Å²) in [6.07, 6.45) is 1.49. The SMILES string of the molecule is COCNC(=O)CC[C@@H]1C[C@@H](SCc2ccc(OC)cc2)CN1C(=O)OC(C)(C)C. The predicted octanol–water partition coefficient (Wildman–Crippen LogP) is 3.81. The van der Waals surface area contributed by atoms with Gasteiger partial charge in [0, 0.05) is 37.1 Å². The summed E-state index contributed by atoms with van der Waals surface area (Å²) in [4.78, 5) is 26.5. The Bertz CT molecular complexity index is 690. The molecule has 0 aromatic heterocycles. The Morgan fingerprint density at radius 2 is 1.90 bits per heavy atom. The number of carbonyl (C=O) groups excluding carboxylic acids is 2. The Hall–Kier alpha value is -1.93. The van der Waals surface area contributed by atoms with Gasteiger partial charge in [-0.05, 0) is 51.3 Å². The Labute approximate surface area is 183 Å². The number of nitrogens with one attached hydrogen (secondary N) is 1. The molecule has 1 fully saturated rings. The highest BCUT2D eigenvalue weighted by Gasteiger charge is 2.37. The second kappa shape index (κ2) is 11.5. The summed E-state index contributed by atoms with van der Waals surface area (Å²) in [5.74, 6) is 1.63. The number of hydrogen-bond donors (Lipinski definition) is 1. The van der Waals surface area contributed by atoms with Crippen LogP contribution in [0.5, 0.6) is 5.75 Å². The van der Waals surface area contributed by atoms with Crippen molar-refractivity contribution in [1.29, 1.82) is 0 Å². The number of amides is 2. The van der Waals surface area contributed by atoms with Crippen LogP contribution < -0.4 is 10.1 Å². The molecule has 0 saturated carbocycles. The molecule has 1 heterocycles. The molecule has 30 heavy (non-hydrogen) atoms. The van der Waals surface area contributed by atoms with Crippen molar-refractivity contribution in [2.24, 2.45) is 0 Å². The first-order chi connectivity index (χ1) is 14.2. The monoisotopic (exact) mass is 438 g/mol. The lowest BCUT2D eigenvalue weighted by Gasteiger charge is -2.28. The van der Waals surface area contributed by atoms with Gasteiger partial charge in [0.25, 0.3) is 0 Å². The molecule has 0 spiro atoms. The van der Waals surface area contributed by atoms with E-state index in [9.17, 15) is 9.59 Å². The maximum absolute atomic E-state index is 12.7. The highest BCUT2D eigenvalue weighted by atomic mass is 32.2. The minimum Gasteiger partial charge on any atom is -0.497 e. The van der Waals surface area contributed by atoms with Gasteiger partial charge in [0.2, 0.25) is 5.91 Å². The fourth-order valence-electron chi connectivity index (χ4n) is 3.29. The topological polar surface area (TPSA) is 77.1 Å². The number of nitrogens with zero attached hydrogens (tertiary/aromatic N) is 1. The third kappa shape index (κ3) is 8.07. The minimum absolute atomic E-state index is 0.0125. The smallest absolute Gasteiger partial charge is 0.410 e. The van der Waals surface area contributed by atoms with Crippen molar-refractivity contribution in [2.45, 2.75) is 62.7 Å². The zero-order chi connectivity index (χ0) is 22.1. The van der Waals surface area contributed by atoms with Crippen LogP contribution in [0.25, 0.3) is 0 Å². The van der Waals surface area contributed by atoms with E-state index in [1.54, 1.807) is 12.0 Å². The number of hydrogen-bond acceptors (Lipinski definition) is 6. The maximum atomic E-state index is 12.7. The van der Waals surface area contributed by atoms with E-state index in [-0.39, 0.29) is 24.8 Å². The Morgan fingerprint density at radius 3 is 2.50 bits per heavy atom. The second-order valence-corrected chi connectivity index (χ2v) is 9.66. The van der Waals surface area contributed by atoms with E-state index in [0.29, 0.717) is 24.6 Å². The van der Waals surface area contributed by atoms with Crippen molar-refractivity contribution in [1.82, 2.24) is 10.2 Å². The van der Waals surface area contributed by atoms with Crippen molar-refractivity contribution in [3.05, 3.63) is 29.8 Å². The van der Waals surface area contributed by atoms with E-state index in [2.05, 4.69) is 17.4 Å². The molecule has 1 aliphatic heterocycles. The molecule has 0 radical (unpaired) electrons. The summed E-state index contributed by atoms with van der Waals surface area (Å²) in [6.45, 7) is 6.41. The van der Waals surface area contributed by atoms with Gasteiger partial charge in [0.05, 0.1) is 7.11 Å². The van der Waals surface area contributed by atoms with E-state index in [1.807, 2.05) is 44.7 Å². The fraction of sp³-hybridized carbons (Fsp3) is 0.636. The molecular weight excluding hydrogens is 404 g/mol. The highest BCUT2D eigenvalue weighted by Crippen LogP contribution is 2.33. The highest BCUT2D eigenvalue weighted by molar-refractivity contribution is 7.99. The van der Waals surface area contributed by atoms with Crippen LogP contribution in [0.4, 0.5) is 4.79 Å². The lowest BCUT2D eigenvalue weighted by Crippen LogP contribution is -2.40. The molecule has 2 atom stereocenters. The molecule has 7 nitrogen and oxygen atoms in total. The van der Waals surface area contributed by atoms with Gasteiger partial charge in [-0.2, -0.15) is 11.8 Å².